The number of aliphatic hydroxyl groups is 1. The molecule has 1 aliphatic carbocycles. The SMILES string of the molecule is OC1CCCCCC1N1CCCC(C2CCCN2)C1. The van der Waals surface area contributed by atoms with Gasteiger partial charge in [-0.3, -0.25) is 4.90 Å². The monoisotopic (exact) mass is 266 g/mol. The first-order valence-corrected chi connectivity index (χ1v) is 8.50. The van der Waals surface area contributed by atoms with Crippen LogP contribution in [0.5, 0.6) is 0 Å². The second kappa shape index (κ2) is 6.55. The Balaban J connectivity index is 1.59. The number of aliphatic hydroxyl groups excluding tert-OH is 1. The van der Waals surface area contributed by atoms with Gasteiger partial charge in [0.15, 0.2) is 0 Å². The third-order valence-electron chi connectivity index (χ3n) is 5.57. The molecule has 0 aromatic carbocycles. The second-order valence-corrected chi connectivity index (χ2v) is 6.87. The van der Waals surface area contributed by atoms with Gasteiger partial charge < -0.3 is 10.4 Å². The van der Waals surface area contributed by atoms with Crippen LogP contribution in [0.3, 0.4) is 0 Å². The van der Waals surface area contributed by atoms with Crippen LogP contribution < -0.4 is 5.32 Å². The Morgan fingerprint density at radius 2 is 1.79 bits per heavy atom. The van der Waals surface area contributed by atoms with Gasteiger partial charge in [0.2, 0.25) is 0 Å². The van der Waals surface area contributed by atoms with E-state index in [4.69, 9.17) is 0 Å². The second-order valence-electron chi connectivity index (χ2n) is 6.87. The molecule has 2 saturated heterocycles. The number of nitrogens with one attached hydrogen (secondary N) is 1. The van der Waals surface area contributed by atoms with Gasteiger partial charge in [-0.1, -0.05) is 19.3 Å². The predicted octanol–water partition coefficient (Wildman–Crippen LogP) is 2.14. The highest BCUT2D eigenvalue weighted by Crippen LogP contribution is 2.30. The molecule has 0 aromatic rings. The summed E-state index contributed by atoms with van der Waals surface area (Å²) in [4.78, 5) is 2.63. The van der Waals surface area contributed by atoms with E-state index >= 15 is 0 Å². The average Bonchev–Trinajstić information content (AvgIpc) is 2.89. The minimum Gasteiger partial charge on any atom is -0.391 e. The molecule has 1 saturated carbocycles. The zero-order chi connectivity index (χ0) is 13.1. The van der Waals surface area contributed by atoms with E-state index in [2.05, 4.69) is 10.2 Å². The van der Waals surface area contributed by atoms with Crippen molar-refractivity contribution in [2.75, 3.05) is 19.6 Å². The molecule has 0 aromatic heterocycles. The van der Waals surface area contributed by atoms with Crippen molar-refractivity contribution in [2.24, 2.45) is 5.92 Å². The largest absolute Gasteiger partial charge is 0.391 e. The molecule has 3 nitrogen and oxygen atoms in total. The molecule has 4 unspecified atom stereocenters. The van der Waals surface area contributed by atoms with Gasteiger partial charge in [-0.2, -0.15) is 0 Å². The first-order chi connectivity index (χ1) is 9.34. The van der Waals surface area contributed by atoms with E-state index in [0.717, 1.165) is 18.4 Å². The van der Waals surface area contributed by atoms with Gasteiger partial charge in [0.25, 0.3) is 0 Å². The molecule has 2 heterocycles. The molecule has 110 valence electrons. The molecule has 3 heteroatoms. The fraction of sp³-hybridized carbons (Fsp3) is 1.00. The Morgan fingerprint density at radius 3 is 2.63 bits per heavy atom. The summed E-state index contributed by atoms with van der Waals surface area (Å²) in [5.74, 6) is 0.826. The van der Waals surface area contributed by atoms with Crippen molar-refractivity contribution in [3.05, 3.63) is 0 Å². The van der Waals surface area contributed by atoms with Gasteiger partial charge in [0, 0.05) is 18.6 Å². The van der Waals surface area contributed by atoms with E-state index in [0.29, 0.717) is 6.04 Å². The molecular weight excluding hydrogens is 236 g/mol. The van der Waals surface area contributed by atoms with E-state index in [9.17, 15) is 5.11 Å². The highest BCUT2D eigenvalue weighted by molar-refractivity contribution is 4.90. The predicted molar refractivity (Wildman–Crippen MR) is 78.2 cm³/mol. The normalized spacial score (nSPS) is 42.2. The number of hydrogen-bond acceptors (Lipinski definition) is 3. The summed E-state index contributed by atoms with van der Waals surface area (Å²) in [7, 11) is 0. The average molecular weight is 266 g/mol. The van der Waals surface area contributed by atoms with Gasteiger partial charge in [-0.25, -0.2) is 0 Å². The first-order valence-electron chi connectivity index (χ1n) is 8.50. The molecule has 19 heavy (non-hydrogen) atoms. The molecule has 0 radical (unpaired) electrons. The van der Waals surface area contributed by atoms with E-state index in [1.807, 2.05) is 0 Å². The van der Waals surface area contributed by atoms with Gasteiger partial charge in [0.1, 0.15) is 0 Å². The molecule has 3 aliphatic rings. The number of piperidine rings is 1. The minimum atomic E-state index is -0.0715. The Hall–Kier alpha value is -0.120. The first kappa shape index (κ1) is 13.8. The van der Waals surface area contributed by atoms with Crippen LogP contribution in [0.4, 0.5) is 0 Å². The fourth-order valence-corrected chi connectivity index (χ4v) is 4.48. The van der Waals surface area contributed by atoms with Crippen LogP contribution in [-0.2, 0) is 0 Å². The summed E-state index contributed by atoms with van der Waals surface area (Å²) in [6, 6.07) is 1.21. The Labute approximate surface area is 117 Å². The molecule has 0 amide bonds. The Bertz CT molecular complexity index is 278. The lowest BCUT2D eigenvalue weighted by atomic mass is 9.88. The molecule has 3 rings (SSSR count). The van der Waals surface area contributed by atoms with Crippen LogP contribution in [0, 0.1) is 5.92 Å². The van der Waals surface area contributed by atoms with Crippen molar-refractivity contribution in [2.45, 2.75) is 76.0 Å². The molecule has 3 fully saturated rings. The van der Waals surface area contributed by atoms with E-state index in [1.54, 1.807) is 0 Å². The summed E-state index contributed by atoms with van der Waals surface area (Å²) >= 11 is 0. The van der Waals surface area contributed by atoms with Gasteiger partial charge in [-0.15, -0.1) is 0 Å². The summed E-state index contributed by atoms with van der Waals surface area (Å²) < 4.78 is 0. The number of nitrogens with zero attached hydrogens (tertiary/aromatic N) is 1. The van der Waals surface area contributed by atoms with E-state index < -0.39 is 0 Å². The van der Waals surface area contributed by atoms with Crippen LogP contribution in [0.2, 0.25) is 0 Å². The summed E-state index contributed by atoms with van der Waals surface area (Å²) in [5, 5.41) is 14.1. The van der Waals surface area contributed by atoms with E-state index in [-0.39, 0.29) is 6.10 Å². The summed E-state index contributed by atoms with van der Waals surface area (Å²) in [5.41, 5.74) is 0. The van der Waals surface area contributed by atoms with Crippen molar-refractivity contribution in [1.29, 1.82) is 0 Å². The van der Waals surface area contributed by atoms with Gasteiger partial charge in [0.05, 0.1) is 6.10 Å². The maximum atomic E-state index is 10.4. The van der Waals surface area contributed by atoms with Crippen LogP contribution in [0.1, 0.15) is 57.8 Å². The summed E-state index contributed by atoms with van der Waals surface area (Å²) in [6.45, 7) is 3.65. The zero-order valence-electron chi connectivity index (χ0n) is 12.2. The Morgan fingerprint density at radius 1 is 0.895 bits per heavy atom. The molecule has 2 aliphatic heterocycles. The zero-order valence-corrected chi connectivity index (χ0v) is 12.2. The molecular formula is C16H30N2O. The van der Waals surface area contributed by atoms with Crippen molar-refractivity contribution >= 4 is 0 Å². The molecule has 0 spiro atoms. The fourth-order valence-electron chi connectivity index (χ4n) is 4.48. The van der Waals surface area contributed by atoms with E-state index in [1.165, 1.54) is 71.0 Å². The maximum Gasteiger partial charge on any atom is 0.0695 e. The maximum absolute atomic E-state index is 10.4. The van der Waals surface area contributed by atoms with Crippen LogP contribution >= 0.6 is 0 Å². The molecule has 2 N–H and O–H groups in total. The smallest absolute Gasteiger partial charge is 0.0695 e. The molecule has 4 atom stereocenters. The van der Waals surface area contributed by atoms with Crippen LogP contribution in [0.15, 0.2) is 0 Å². The van der Waals surface area contributed by atoms with Crippen molar-refractivity contribution in [3.8, 4) is 0 Å². The van der Waals surface area contributed by atoms with Crippen molar-refractivity contribution in [1.82, 2.24) is 10.2 Å². The topological polar surface area (TPSA) is 35.5 Å². The lowest BCUT2D eigenvalue weighted by Crippen LogP contribution is -2.51. The third kappa shape index (κ3) is 3.32. The molecule has 0 bridgehead atoms. The number of rotatable bonds is 2. The minimum absolute atomic E-state index is 0.0715. The lowest BCUT2D eigenvalue weighted by Gasteiger charge is -2.41. The summed E-state index contributed by atoms with van der Waals surface area (Å²) in [6.07, 6.45) is 11.4. The quantitative estimate of drug-likeness (QED) is 0.752. The van der Waals surface area contributed by atoms with Crippen molar-refractivity contribution < 1.29 is 5.11 Å². The van der Waals surface area contributed by atoms with Gasteiger partial charge >= 0.3 is 0 Å². The van der Waals surface area contributed by atoms with Gasteiger partial charge in [-0.05, 0) is 57.5 Å². The number of hydrogen-bond donors (Lipinski definition) is 2. The van der Waals surface area contributed by atoms with Crippen LogP contribution in [0.25, 0.3) is 0 Å². The lowest BCUT2D eigenvalue weighted by molar-refractivity contribution is 0.0162. The highest BCUT2D eigenvalue weighted by atomic mass is 16.3. The number of likely N-dealkylation sites (tertiary alicyclic amines) is 1. The van der Waals surface area contributed by atoms with Crippen LogP contribution in [-0.4, -0.2) is 47.8 Å². The Kier molecular flexibility index (Phi) is 4.78. The standard InChI is InChI=1S/C16H30N2O/c19-16-9-3-1-2-8-15(16)18-11-5-6-13(12-18)14-7-4-10-17-14/h13-17,19H,1-12H2. The highest BCUT2D eigenvalue weighted by Gasteiger charge is 2.34. The third-order valence-corrected chi connectivity index (χ3v) is 5.57. The van der Waals surface area contributed by atoms with Crippen molar-refractivity contribution in [3.63, 3.8) is 0 Å².